The van der Waals surface area contributed by atoms with E-state index in [0.29, 0.717) is 57.8 Å². The normalized spacial score (nSPS) is 43.4. The zero-order chi connectivity index (χ0) is 38.8. The standard InChI is InChI=1S/C41H70O11/c1-11-30(38(45)46)32-15-14-23(4)36(49-32)27(8)34(43)26(7)35(44)31(12-2)37-24(5)22-25(6)41(50-37)21-17-29(42)16-19-39(10,51-52-41)33-18-20-40(47,13-3)28(9)48-33/h17,21,23-34,36-37,42-43,47H,11-16,18-20,22H2,1-10H3,(H,45,46). The third kappa shape index (κ3) is 8.99. The minimum Gasteiger partial charge on any atom is -0.481 e. The molecule has 0 aromatic heterocycles. The van der Waals surface area contributed by atoms with Gasteiger partial charge in [-0.3, -0.25) is 9.59 Å². The molecular weight excluding hydrogens is 668 g/mol. The molecule has 4 heterocycles. The lowest BCUT2D eigenvalue weighted by atomic mass is 9.73. The maximum Gasteiger partial charge on any atom is 0.309 e. The molecule has 17 atom stereocenters. The van der Waals surface area contributed by atoms with Crippen LogP contribution in [0, 0.1) is 41.4 Å². The zero-order valence-electron chi connectivity index (χ0n) is 33.5. The van der Waals surface area contributed by atoms with Crippen molar-refractivity contribution in [3.63, 3.8) is 0 Å². The number of ketones is 1. The van der Waals surface area contributed by atoms with Crippen molar-refractivity contribution in [3.05, 3.63) is 12.2 Å². The fourth-order valence-corrected chi connectivity index (χ4v) is 9.53. The highest BCUT2D eigenvalue weighted by atomic mass is 17.2. The average molecular weight is 739 g/mol. The predicted molar refractivity (Wildman–Crippen MR) is 196 cm³/mol. The topological polar surface area (TPSA) is 161 Å². The lowest BCUT2D eigenvalue weighted by molar-refractivity contribution is -0.486. The van der Waals surface area contributed by atoms with Gasteiger partial charge in [-0.15, -0.1) is 0 Å². The van der Waals surface area contributed by atoms with Crippen molar-refractivity contribution in [2.24, 2.45) is 41.4 Å². The average Bonchev–Trinajstić information content (AvgIpc) is 3.17. The smallest absolute Gasteiger partial charge is 0.309 e. The van der Waals surface area contributed by atoms with Crippen molar-refractivity contribution in [2.45, 2.75) is 193 Å². The van der Waals surface area contributed by atoms with Gasteiger partial charge in [0.05, 0.1) is 54.2 Å². The molecule has 0 aromatic carbocycles. The Morgan fingerprint density at radius 2 is 1.56 bits per heavy atom. The summed E-state index contributed by atoms with van der Waals surface area (Å²) in [5.74, 6) is -4.77. The molecule has 3 saturated heterocycles. The SMILES string of the molecule is CCC(C(=O)O)C1CCC(C)C(C(C)C(O)C(C)C(=O)C(CC)C2OC3(C=CC(O)CCC(C)(C4CCC(O)(CC)C(C)O4)OO3)C(C)CC2C)O1. The fourth-order valence-electron chi connectivity index (χ4n) is 9.53. The monoisotopic (exact) mass is 738 g/mol. The number of Topliss-reactive ketones (excluding diaryl/α,β-unsaturated/α-hetero) is 1. The van der Waals surface area contributed by atoms with Crippen LogP contribution in [-0.4, -0.2) is 91.9 Å². The fraction of sp³-hybridized carbons (Fsp3) is 0.902. The second-order valence-corrected chi connectivity index (χ2v) is 17.2. The highest BCUT2D eigenvalue weighted by Crippen LogP contribution is 2.47. The van der Waals surface area contributed by atoms with Crippen LogP contribution in [0.5, 0.6) is 0 Å². The number of carbonyl (C=O) groups excluding carboxylic acids is 1. The van der Waals surface area contributed by atoms with Crippen LogP contribution in [0.4, 0.5) is 0 Å². The summed E-state index contributed by atoms with van der Waals surface area (Å²) in [6.45, 7) is 19.4. The number of hydrogen-bond acceptors (Lipinski definition) is 10. The Morgan fingerprint density at radius 3 is 2.15 bits per heavy atom. The number of carboxylic acid groups (broad SMARTS) is 1. The van der Waals surface area contributed by atoms with Gasteiger partial charge in [0.2, 0.25) is 5.79 Å². The van der Waals surface area contributed by atoms with Gasteiger partial charge in [0.15, 0.2) is 0 Å². The van der Waals surface area contributed by atoms with E-state index in [-0.39, 0.29) is 35.7 Å². The molecule has 4 aliphatic heterocycles. The Morgan fingerprint density at radius 1 is 0.885 bits per heavy atom. The van der Waals surface area contributed by atoms with Gasteiger partial charge in [-0.1, -0.05) is 61.5 Å². The van der Waals surface area contributed by atoms with E-state index in [2.05, 4.69) is 13.8 Å². The van der Waals surface area contributed by atoms with E-state index in [4.69, 9.17) is 24.0 Å². The minimum atomic E-state index is -1.39. The first-order valence-corrected chi connectivity index (χ1v) is 20.3. The number of aliphatic hydroxyl groups is 3. The van der Waals surface area contributed by atoms with Gasteiger partial charge in [0, 0.05) is 23.7 Å². The number of hydrogen-bond donors (Lipinski definition) is 4. The van der Waals surface area contributed by atoms with Crippen LogP contribution in [0.1, 0.15) is 133 Å². The molecule has 11 heteroatoms. The predicted octanol–water partition coefficient (Wildman–Crippen LogP) is 6.39. The number of carbonyl (C=O) groups is 2. The molecule has 4 N–H and O–H groups in total. The third-order valence-electron chi connectivity index (χ3n) is 13.6. The molecule has 11 nitrogen and oxygen atoms in total. The maximum atomic E-state index is 14.4. The molecule has 0 saturated carbocycles. The number of ether oxygens (including phenoxy) is 3. The lowest BCUT2D eigenvalue weighted by Gasteiger charge is -2.50. The van der Waals surface area contributed by atoms with Gasteiger partial charge in [-0.05, 0) is 96.0 Å². The second kappa shape index (κ2) is 17.6. The summed E-state index contributed by atoms with van der Waals surface area (Å²) in [6.07, 6.45) is 5.12. The molecule has 4 aliphatic rings. The molecule has 0 aromatic rings. The van der Waals surface area contributed by atoms with Crippen LogP contribution in [-0.2, 0) is 33.6 Å². The molecule has 0 radical (unpaired) electrons. The van der Waals surface area contributed by atoms with Crippen molar-refractivity contribution in [3.8, 4) is 0 Å². The highest BCUT2D eigenvalue weighted by molar-refractivity contribution is 5.84. The van der Waals surface area contributed by atoms with E-state index in [1.165, 1.54) is 0 Å². The molecule has 300 valence electrons. The van der Waals surface area contributed by atoms with E-state index in [0.717, 1.165) is 6.42 Å². The molecule has 0 bridgehead atoms. The molecule has 4 rings (SSSR count). The number of aliphatic carboxylic acids is 1. The summed E-state index contributed by atoms with van der Waals surface area (Å²) in [7, 11) is 0. The Hall–Kier alpha value is -1.44. The van der Waals surface area contributed by atoms with Crippen LogP contribution < -0.4 is 0 Å². The van der Waals surface area contributed by atoms with Gasteiger partial charge in [-0.25, -0.2) is 4.89 Å². The summed E-state index contributed by atoms with van der Waals surface area (Å²) in [6, 6.07) is 0. The summed E-state index contributed by atoms with van der Waals surface area (Å²) in [5, 5.41) is 43.6. The van der Waals surface area contributed by atoms with E-state index < -0.39 is 77.1 Å². The van der Waals surface area contributed by atoms with Gasteiger partial charge in [0.25, 0.3) is 0 Å². The maximum absolute atomic E-state index is 14.4. The first kappa shape index (κ1) is 43.3. The quantitative estimate of drug-likeness (QED) is 0.130. The zero-order valence-corrected chi connectivity index (χ0v) is 33.5. The third-order valence-corrected chi connectivity index (χ3v) is 13.6. The van der Waals surface area contributed by atoms with Crippen molar-refractivity contribution in [2.75, 3.05) is 0 Å². The second-order valence-electron chi connectivity index (χ2n) is 17.2. The van der Waals surface area contributed by atoms with Gasteiger partial charge < -0.3 is 34.6 Å². The number of rotatable bonds is 12. The summed E-state index contributed by atoms with van der Waals surface area (Å²) in [4.78, 5) is 39.1. The minimum absolute atomic E-state index is 0.0177. The van der Waals surface area contributed by atoms with Gasteiger partial charge in [0.1, 0.15) is 11.4 Å². The van der Waals surface area contributed by atoms with Crippen molar-refractivity contribution >= 4 is 11.8 Å². The largest absolute Gasteiger partial charge is 0.481 e. The summed E-state index contributed by atoms with van der Waals surface area (Å²) in [5.41, 5.74) is -1.86. The van der Waals surface area contributed by atoms with Crippen molar-refractivity contribution < 1.29 is 54.0 Å². The lowest BCUT2D eigenvalue weighted by Crippen LogP contribution is -2.58. The van der Waals surface area contributed by atoms with Crippen LogP contribution in [0.15, 0.2) is 12.2 Å². The Labute approximate surface area is 312 Å². The molecule has 0 amide bonds. The molecule has 0 aliphatic carbocycles. The highest BCUT2D eigenvalue weighted by Gasteiger charge is 2.54. The molecule has 52 heavy (non-hydrogen) atoms. The molecule has 3 fully saturated rings. The van der Waals surface area contributed by atoms with E-state index in [9.17, 15) is 30.0 Å². The molecular formula is C41H70O11. The Bertz CT molecular complexity index is 1230. The first-order valence-electron chi connectivity index (χ1n) is 20.3. The summed E-state index contributed by atoms with van der Waals surface area (Å²) >= 11 is 0. The van der Waals surface area contributed by atoms with E-state index >= 15 is 0 Å². The molecule has 17 unspecified atom stereocenters. The molecule has 1 spiro atoms. The van der Waals surface area contributed by atoms with Crippen LogP contribution >= 0.6 is 0 Å². The Kier molecular flexibility index (Phi) is 14.6. The number of aliphatic hydroxyl groups excluding tert-OH is 2. The number of carboxylic acids is 1. The van der Waals surface area contributed by atoms with Crippen LogP contribution in [0.25, 0.3) is 0 Å². The summed E-state index contributed by atoms with van der Waals surface area (Å²) < 4.78 is 19.7. The van der Waals surface area contributed by atoms with E-state index in [1.54, 1.807) is 19.1 Å². The van der Waals surface area contributed by atoms with E-state index in [1.807, 2.05) is 48.5 Å². The first-order chi connectivity index (χ1) is 24.4. The van der Waals surface area contributed by atoms with Gasteiger partial charge in [-0.2, -0.15) is 4.89 Å². The Balaban J connectivity index is 1.53. The van der Waals surface area contributed by atoms with Gasteiger partial charge >= 0.3 is 5.97 Å². The van der Waals surface area contributed by atoms with Crippen LogP contribution in [0.2, 0.25) is 0 Å². The van der Waals surface area contributed by atoms with Crippen LogP contribution in [0.3, 0.4) is 0 Å². The van der Waals surface area contributed by atoms with Crippen molar-refractivity contribution in [1.82, 2.24) is 0 Å². The van der Waals surface area contributed by atoms with Crippen molar-refractivity contribution in [1.29, 1.82) is 0 Å².